The number of amides is 1. The molecule has 3 rings (SSSR count). The minimum atomic E-state index is 0. The number of likely N-dealkylation sites (tertiary alicyclic amines) is 1. The molecule has 1 aromatic carbocycles. The van der Waals surface area contributed by atoms with Gasteiger partial charge in [0.25, 0.3) is 0 Å². The number of hydrogen-bond acceptors (Lipinski definition) is 4. The van der Waals surface area contributed by atoms with E-state index in [1.54, 1.807) is 7.11 Å². The lowest BCUT2D eigenvalue weighted by Gasteiger charge is -2.25. The standard InChI is InChI=1S/C24H39N5O2.HI/c1-5-25-24(26-16-22(28(2)3)18-10-12-21(31-4)13-11-18)27-20-14-15-29(17-20)23(30)19-8-6-7-9-19;/h10-13,19-20,22H,5-9,14-17H2,1-4H3,(H2,25,26,27);1H. The molecule has 1 aliphatic heterocycles. The van der Waals surface area contributed by atoms with Gasteiger partial charge in [-0.05, 0) is 58.0 Å². The lowest BCUT2D eigenvalue weighted by molar-refractivity contribution is -0.134. The molecule has 1 amide bonds. The summed E-state index contributed by atoms with van der Waals surface area (Å²) in [5.74, 6) is 2.29. The number of carbonyl (C=O) groups excluding carboxylic acids is 1. The van der Waals surface area contributed by atoms with Gasteiger partial charge in [-0.2, -0.15) is 0 Å². The Kier molecular flexibility index (Phi) is 11.0. The highest BCUT2D eigenvalue weighted by atomic mass is 127. The van der Waals surface area contributed by atoms with Crippen LogP contribution in [0.25, 0.3) is 0 Å². The molecule has 2 atom stereocenters. The fraction of sp³-hybridized carbons (Fsp3) is 0.667. The summed E-state index contributed by atoms with van der Waals surface area (Å²) in [7, 11) is 5.84. The quantitative estimate of drug-likeness (QED) is 0.292. The molecule has 32 heavy (non-hydrogen) atoms. The van der Waals surface area contributed by atoms with Crippen LogP contribution < -0.4 is 15.4 Å². The van der Waals surface area contributed by atoms with Crippen LogP contribution in [0.5, 0.6) is 5.75 Å². The van der Waals surface area contributed by atoms with E-state index in [0.29, 0.717) is 12.5 Å². The molecule has 2 fully saturated rings. The first-order chi connectivity index (χ1) is 15.0. The largest absolute Gasteiger partial charge is 0.497 e. The zero-order valence-electron chi connectivity index (χ0n) is 20.0. The summed E-state index contributed by atoms with van der Waals surface area (Å²) in [5, 5.41) is 6.93. The molecule has 0 bridgehead atoms. The van der Waals surface area contributed by atoms with E-state index >= 15 is 0 Å². The van der Waals surface area contributed by atoms with Crippen LogP contribution in [-0.4, -0.2) is 75.1 Å². The highest BCUT2D eigenvalue weighted by Gasteiger charge is 2.32. The minimum Gasteiger partial charge on any atom is -0.497 e. The number of likely N-dealkylation sites (N-methyl/N-ethyl adjacent to an activating group) is 1. The number of aliphatic imine (C=N–C) groups is 1. The lowest BCUT2D eigenvalue weighted by Crippen LogP contribution is -2.45. The molecule has 0 spiro atoms. The lowest BCUT2D eigenvalue weighted by atomic mass is 10.1. The normalized spacial score (nSPS) is 20.2. The fourth-order valence-corrected chi connectivity index (χ4v) is 4.59. The van der Waals surface area contributed by atoms with Crippen LogP contribution in [-0.2, 0) is 4.79 Å². The molecule has 0 aromatic heterocycles. The third-order valence-electron chi connectivity index (χ3n) is 6.44. The van der Waals surface area contributed by atoms with E-state index in [0.717, 1.165) is 50.6 Å². The SMILES string of the molecule is CCNC(=NCC(c1ccc(OC)cc1)N(C)C)NC1CCN(C(=O)C2CCCC2)C1.I. The Bertz CT molecular complexity index is 734. The average molecular weight is 558 g/mol. The van der Waals surface area contributed by atoms with Crippen molar-refractivity contribution < 1.29 is 9.53 Å². The molecule has 8 heteroatoms. The van der Waals surface area contributed by atoms with Crippen LogP contribution in [0.2, 0.25) is 0 Å². The van der Waals surface area contributed by atoms with Gasteiger partial charge in [-0.15, -0.1) is 24.0 Å². The van der Waals surface area contributed by atoms with Crippen LogP contribution in [0.1, 0.15) is 50.6 Å². The Morgan fingerprint density at radius 2 is 1.91 bits per heavy atom. The molecule has 2 aliphatic rings. The number of ether oxygens (including phenoxy) is 1. The van der Waals surface area contributed by atoms with Crippen molar-refractivity contribution in [1.29, 1.82) is 0 Å². The van der Waals surface area contributed by atoms with Crippen molar-refractivity contribution in [2.45, 2.75) is 51.1 Å². The Morgan fingerprint density at radius 1 is 1.22 bits per heavy atom. The first-order valence-electron chi connectivity index (χ1n) is 11.7. The summed E-state index contributed by atoms with van der Waals surface area (Å²) >= 11 is 0. The van der Waals surface area contributed by atoms with Gasteiger partial charge in [0.05, 0.1) is 19.7 Å². The maximum atomic E-state index is 12.7. The Hall–Kier alpha value is -1.55. The summed E-state index contributed by atoms with van der Waals surface area (Å²) in [4.78, 5) is 21.9. The van der Waals surface area contributed by atoms with Gasteiger partial charge >= 0.3 is 0 Å². The zero-order chi connectivity index (χ0) is 22.2. The maximum absolute atomic E-state index is 12.7. The molecule has 0 radical (unpaired) electrons. The molecule has 2 unspecified atom stereocenters. The summed E-state index contributed by atoms with van der Waals surface area (Å²) < 4.78 is 5.28. The number of hydrogen-bond donors (Lipinski definition) is 2. The molecule has 1 aromatic rings. The highest BCUT2D eigenvalue weighted by Crippen LogP contribution is 2.28. The molecule has 180 valence electrons. The number of methoxy groups -OCH3 is 1. The van der Waals surface area contributed by atoms with Gasteiger partial charge in [-0.1, -0.05) is 25.0 Å². The topological polar surface area (TPSA) is 69.2 Å². The number of carbonyl (C=O) groups is 1. The van der Waals surface area contributed by atoms with E-state index in [1.165, 1.54) is 18.4 Å². The third-order valence-corrected chi connectivity index (χ3v) is 6.44. The van der Waals surface area contributed by atoms with Crippen LogP contribution in [0.15, 0.2) is 29.3 Å². The fourth-order valence-electron chi connectivity index (χ4n) is 4.59. The molecule has 1 heterocycles. The van der Waals surface area contributed by atoms with Crippen molar-refractivity contribution in [1.82, 2.24) is 20.4 Å². The summed E-state index contributed by atoms with van der Waals surface area (Å²) in [6, 6.07) is 8.61. The van der Waals surface area contributed by atoms with E-state index in [1.807, 2.05) is 12.1 Å². The number of guanidine groups is 1. The summed E-state index contributed by atoms with van der Waals surface area (Å²) in [5.41, 5.74) is 1.21. The number of halogens is 1. The molecular formula is C24H40IN5O2. The van der Waals surface area contributed by atoms with Crippen molar-refractivity contribution in [2.75, 3.05) is 47.4 Å². The number of nitrogens with zero attached hydrogens (tertiary/aromatic N) is 3. The highest BCUT2D eigenvalue weighted by molar-refractivity contribution is 14.0. The second kappa shape index (κ2) is 13.2. The number of nitrogens with one attached hydrogen (secondary N) is 2. The van der Waals surface area contributed by atoms with Crippen LogP contribution in [0.3, 0.4) is 0 Å². The average Bonchev–Trinajstić information content (AvgIpc) is 3.46. The summed E-state index contributed by atoms with van der Waals surface area (Å²) in [6.45, 7) is 5.15. The number of rotatable bonds is 8. The van der Waals surface area contributed by atoms with Gasteiger partial charge in [-0.25, -0.2) is 0 Å². The van der Waals surface area contributed by atoms with E-state index in [4.69, 9.17) is 9.73 Å². The van der Waals surface area contributed by atoms with Crippen LogP contribution in [0, 0.1) is 5.92 Å². The summed E-state index contributed by atoms with van der Waals surface area (Å²) in [6.07, 6.45) is 5.50. The van der Waals surface area contributed by atoms with Gasteiger partial charge in [-0.3, -0.25) is 9.79 Å². The Morgan fingerprint density at radius 3 is 2.50 bits per heavy atom. The second-order valence-electron chi connectivity index (χ2n) is 8.87. The van der Waals surface area contributed by atoms with Crippen LogP contribution in [0.4, 0.5) is 0 Å². The van der Waals surface area contributed by atoms with Gasteiger partial charge in [0, 0.05) is 31.6 Å². The minimum absolute atomic E-state index is 0. The molecule has 1 saturated heterocycles. The smallest absolute Gasteiger partial charge is 0.225 e. The van der Waals surface area contributed by atoms with Crippen molar-refractivity contribution in [3.05, 3.63) is 29.8 Å². The monoisotopic (exact) mass is 557 g/mol. The third kappa shape index (κ3) is 7.23. The van der Waals surface area contributed by atoms with E-state index < -0.39 is 0 Å². The van der Waals surface area contributed by atoms with Gasteiger partial charge < -0.3 is 25.2 Å². The number of benzene rings is 1. The van der Waals surface area contributed by atoms with Crippen molar-refractivity contribution in [2.24, 2.45) is 10.9 Å². The van der Waals surface area contributed by atoms with Crippen LogP contribution >= 0.6 is 24.0 Å². The van der Waals surface area contributed by atoms with E-state index in [-0.39, 0.29) is 42.0 Å². The van der Waals surface area contributed by atoms with E-state index in [2.05, 4.69) is 53.6 Å². The maximum Gasteiger partial charge on any atom is 0.225 e. The predicted molar refractivity (Wildman–Crippen MR) is 141 cm³/mol. The molecule has 1 saturated carbocycles. The van der Waals surface area contributed by atoms with Gasteiger partial charge in [0.2, 0.25) is 5.91 Å². The van der Waals surface area contributed by atoms with Gasteiger partial charge in [0.15, 0.2) is 5.96 Å². The molecule has 1 aliphatic carbocycles. The molecular weight excluding hydrogens is 517 g/mol. The first kappa shape index (κ1) is 26.7. The van der Waals surface area contributed by atoms with Crippen molar-refractivity contribution in [3.63, 3.8) is 0 Å². The Labute approximate surface area is 210 Å². The predicted octanol–water partition coefficient (Wildman–Crippen LogP) is 3.26. The molecule has 2 N–H and O–H groups in total. The second-order valence-corrected chi connectivity index (χ2v) is 8.87. The zero-order valence-corrected chi connectivity index (χ0v) is 22.3. The van der Waals surface area contributed by atoms with Crippen molar-refractivity contribution in [3.8, 4) is 5.75 Å². The van der Waals surface area contributed by atoms with E-state index in [9.17, 15) is 4.79 Å². The Balaban J connectivity index is 0.00000363. The van der Waals surface area contributed by atoms with Crippen molar-refractivity contribution >= 4 is 35.8 Å². The van der Waals surface area contributed by atoms with Gasteiger partial charge in [0.1, 0.15) is 5.75 Å². The first-order valence-corrected chi connectivity index (χ1v) is 11.7. The molecule has 7 nitrogen and oxygen atoms in total.